The third-order valence-electron chi connectivity index (χ3n) is 5.18. The van der Waals surface area contributed by atoms with Crippen molar-refractivity contribution in [2.75, 3.05) is 25.4 Å². The second kappa shape index (κ2) is 8.12. The van der Waals surface area contributed by atoms with E-state index < -0.39 is 21.9 Å². The van der Waals surface area contributed by atoms with Gasteiger partial charge in [0.25, 0.3) is 0 Å². The van der Waals surface area contributed by atoms with Crippen molar-refractivity contribution in [1.29, 1.82) is 0 Å². The number of alkyl halides is 3. The highest BCUT2D eigenvalue weighted by Gasteiger charge is 2.37. The Morgan fingerprint density at radius 1 is 1.19 bits per heavy atom. The summed E-state index contributed by atoms with van der Waals surface area (Å²) in [6, 6.07) is 11.4. The molecule has 1 saturated heterocycles. The number of aryl methyl sites for hydroxylation is 1. The molecule has 3 heterocycles. The van der Waals surface area contributed by atoms with Gasteiger partial charge in [-0.2, -0.15) is 18.3 Å². The van der Waals surface area contributed by atoms with Gasteiger partial charge in [0.05, 0.1) is 11.4 Å². The van der Waals surface area contributed by atoms with Gasteiger partial charge in [0, 0.05) is 30.8 Å². The average molecular weight is 454 g/mol. The summed E-state index contributed by atoms with van der Waals surface area (Å²) in [6.45, 7) is 1.95. The summed E-state index contributed by atoms with van der Waals surface area (Å²) in [6.07, 6.45) is -4.10. The lowest BCUT2D eigenvalue weighted by Gasteiger charge is -2.16. The number of para-hydroxylation sites is 1. The second-order valence-electron chi connectivity index (χ2n) is 7.44. The van der Waals surface area contributed by atoms with Crippen molar-refractivity contribution in [3.8, 4) is 5.75 Å². The van der Waals surface area contributed by atoms with E-state index in [4.69, 9.17) is 4.74 Å². The minimum atomic E-state index is -4.57. The highest BCUT2D eigenvalue weighted by molar-refractivity contribution is 7.89. The molecule has 0 unspecified atom stereocenters. The maximum atomic E-state index is 13.4. The van der Waals surface area contributed by atoms with Crippen molar-refractivity contribution in [3.63, 3.8) is 0 Å². The summed E-state index contributed by atoms with van der Waals surface area (Å²) in [4.78, 5) is 4.13. The van der Waals surface area contributed by atoms with Crippen LogP contribution in [0.4, 0.5) is 13.2 Å². The lowest BCUT2D eigenvalue weighted by molar-refractivity contribution is -0.142. The molecule has 11 heteroatoms. The number of nitrogens with zero attached hydrogens (tertiary/aromatic N) is 4. The zero-order valence-electron chi connectivity index (χ0n) is 16.7. The molecule has 0 bridgehead atoms. The first-order valence-corrected chi connectivity index (χ1v) is 11.3. The van der Waals surface area contributed by atoms with E-state index >= 15 is 0 Å². The molecule has 3 aromatic rings. The van der Waals surface area contributed by atoms with E-state index in [1.807, 2.05) is 6.07 Å². The Bertz CT molecular complexity index is 1180. The lowest BCUT2D eigenvalue weighted by Crippen LogP contribution is -2.32. The molecular formula is C20H21F3N4O3S. The van der Waals surface area contributed by atoms with E-state index in [1.54, 1.807) is 24.3 Å². The Labute approximate surface area is 177 Å². The van der Waals surface area contributed by atoms with Gasteiger partial charge >= 0.3 is 6.18 Å². The van der Waals surface area contributed by atoms with Crippen LogP contribution in [0.1, 0.15) is 29.4 Å². The summed E-state index contributed by atoms with van der Waals surface area (Å²) >= 11 is 0. The van der Waals surface area contributed by atoms with Crippen molar-refractivity contribution in [3.05, 3.63) is 59.5 Å². The van der Waals surface area contributed by atoms with Gasteiger partial charge in [-0.3, -0.25) is 0 Å². The molecule has 0 aliphatic carbocycles. The normalized spacial score (nSPS) is 18.0. The van der Waals surface area contributed by atoms with Crippen LogP contribution >= 0.6 is 0 Å². The van der Waals surface area contributed by atoms with Crippen molar-refractivity contribution in [2.24, 2.45) is 0 Å². The van der Waals surface area contributed by atoms with Crippen molar-refractivity contribution in [1.82, 2.24) is 18.9 Å². The first-order valence-electron chi connectivity index (χ1n) is 9.74. The predicted octanol–water partition coefficient (Wildman–Crippen LogP) is 3.25. The van der Waals surface area contributed by atoms with Gasteiger partial charge in [-0.05, 0) is 31.5 Å². The van der Waals surface area contributed by atoms with Gasteiger partial charge in [-0.15, -0.1) is 0 Å². The Hall–Kier alpha value is -2.66. The topological polar surface area (TPSA) is 76.8 Å². The second-order valence-corrected chi connectivity index (χ2v) is 9.53. The van der Waals surface area contributed by atoms with Crippen LogP contribution in [0, 0.1) is 6.92 Å². The van der Waals surface area contributed by atoms with Crippen LogP contribution in [0.2, 0.25) is 0 Å². The van der Waals surface area contributed by atoms with Crippen LogP contribution in [-0.2, 0) is 16.2 Å². The molecule has 0 N–H and O–H groups in total. The van der Waals surface area contributed by atoms with E-state index in [2.05, 4.69) is 10.1 Å². The highest BCUT2D eigenvalue weighted by atomic mass is 32.2. The minimum absolute atomic E-state index is 0.0139. The number of halogens is 3. The van der Waals surface area contributed by atoms with E-state index in [0.717, 1.165) is 10.6 Å². The molecule has 1 aliphatic heterocycles. The van der Waals surface area contributed by atoms with Gasteiger partial charge in [0.2, 0.25) is 10.0 Å². The first-order chi connectivity index (χ1) is 14.6. The number of hydrogen-bond acceptors (Lipinski definition) is 5. The number of hydrogen-bond donors (Lipinski definition) is 0. The molecule has 4 rings (SSSR count). The Morgan fingerprint density at radius 2 is 1.94 bits per heavy atom. The summed E-state index contributed by atoms with van der Waals surface area (Å²) in [5.74, 6) is 0.108. The Morgan fingerprint density at radius 3 is 2.65 bits per heavy atom. The molecule has 7 nitrogen and oxygen atoms in total. The maximum absolute atomic E-state index is 13.4. The number of aromatic nitrogens is 3. The monoisotopic (exact) mass is 454 g/mol. The molecular weight excluding hydrogens is 433 g/mol. The molecule has 2 aromatic heterocycles. The first kappa shape index (κ1) is 21.6. The number of rotatable bonds is 6. The molecule has 0 amide bonds. The van der Waals surface area contributed by atoms with Crippen molar-refractivity contribution >= 4 is 15.7 Å². The maximum Gasteiger partial charge on any atom is 0.433 e. The fourth-order valence-electron chi connectivity index (χ4n) is 3.65. The van der Waals surface area contributed by atoms with Gasteiger partial charge in [0.1, 0.15) is 18.1 Å². The third-order valence-corrected chi connectivity index (χ3v) is 6.98. The molecule has 1 fully saturated rings. The fraction of sp³-hybridized carbons (Fsp3) is 0.400. The van der Waals surface area contributed by atoms with Gasteiger partial charge in [-0.25, -0.2) is 22.2 Å². The summed E-state index contributed by atoms with van der Waals surface area (Å²) < 4.78 is 73.0. The third kappa shape index (κ3) is 4.67. The average Bonchev–Trinajstić information content (AvgIpc) is 3.34. The SMILES string of the molecule is Cc1cc(C(F)(F)F)n2nc([C@H]3CCN(S(=O)(=O)CCOc4ccccc4)C3)cc2n1. The number of fused-ring (bicyclic) bond motifs is 1. The molecule has 1 atom stereocenters. The van der Waals surface area contributed by atoms with Crippen LogP contribution in [0.15, 0.2) is 42.5 Å². The molecule has 0 spiro atoms. The van der Waals surface area contributed by atoms with Crippen LogP contribution in [-0.4, -0.2) is 52.8 Å². The summed E-state index contributed by atoms with van der Waals surface area (Å²) in [5, 5.41) is 4.11. The van der Waals surface area contributed by atoms with Crippen LogP contribution in [0.5, 0.6) is 5.75 Å². The lowest BCUT2D eigenvalue weighted by atomic mass is 10.1. The number of benzene rings is 1. The smallest absolute Gasteiger partial charge is 0.433 e. The minimum Gasteiger partial charge on any atom is -0.492 e. The fourth-order valence-corrected chi connectivity index (χ4v) is 4.99. The zero-order valence-corrected chi connectivity index (χ0v) is 17.5. The number of sulfonamides is 1. The van der Waals surface area contributed by atoms with E-state index in [1.165, 1.54) is 17.3 Å². The van der Waals surface area contributed by atoms with Crippen molar-refractivity contribution < 1.29 is 26.3 Å². The van der Waals surface area contributed by atoms with Crippen LogP contribution < -0.4 is 4.74 Å². The Kier molecular flexibility index (Phi) is 5.65. The molecule has 1 aliphatic rings. The Balaban J connectivity index is 1.46. The molecule has 0 saturated carbocycles. The summed E-state index contributed by atoms with van der Waals surface area (Å²) in [7, 11) is -3.56. The highest BCUT2D eigenvalue weighted by Crippen LogP contribution is 2.33. The molecule has 31 heavy (non-hydrogen) atoms. The van der Waals surface area contributed by atoms with E-state index in [9.17, 15) is 21.6 Å². The van der Waals surface area contributed by atoms with E-state index in [-0.39, 0.29) is 42.7 Å². The number of ether oxygens (including phenoxy) is 1. The van der Waals surface area contributed by atoms with Crippen molar-refractivity contribution in [2.45, 2.75) is 25.4 Å². The summed E-state index contributed by atoms with van der Waals surface area (Å²) in [5.41, 5.74) is -0.163. The van der Waals surface area contributed by atoms with Crippen LogP contribution in [0.3, 0.4) is 0 Å². The molecule has 166 valence electrons. The largest absolute Gasteiger partial charge is 0.492 e. The van der Waals surface area contributed by atoms with E-state index in [0.29, 0.717) is 17.9 Å². The molecule has 1 aromatic carbocycles. The standard InChI is InChI=1S/C20H21F3N4O3S/c1-14-11-18(20(21,22)23)27-19(24-14)12-17(25-27)15-7-8-26(13-15)31(28,29)10-9-30-16-5-3-2-4-6-16/h2-6,11-12,15H,7-10,13H2,1H3/t15-/m0/s1. The quantitative estimate of drug-likeness (QED) is 0.572. The van der Waals surface area contributed by atoms with Gasteiger partial charge < -0.3 is 4.74 Å². The predicted molar refractivity (Wildman–Crippen MR) is 107 cm³/mol. The van der Waals surface area contributed by atoms with Gasteiger partial charge in [-0.1, -0.05) is 18.2 Å². The zero-order chi connectivity index (χ0) is 22.2. The van der Waals surface area contributed by atoms with Gasteiger partial charge in [0.15, 0.2) is 5.65 Å². The van der Waals surface area contributed by atoms with Crippen LogP contribution in [0.25, 0.3) is 5.65 Å². The molecule has 0 radical (unpaired) electrons.